The highest BCUT2D eigenvalue weighted by Gasteiger charge is 2.27. The second kappa shape index (κ2) is 7.40. The van der Waals surface area contributed by atoms with E-state index in [9.17, 15) is 4.79 Å². The van der Waals surface area contributed by atoms with Gasteiger partial charge in [-0.05, 0) is 36.7 Å². The normalized spacial score (nSPS) is 21.2. The highest BCUT2D eigenvalue weighted by atomic mass is 16.1. The van der Waals surface area contributed by atoms with E-state index in [2.05, 4.69) is 41.1 Å². The summed E-state index contributed by atoms with van der Waals surface area (Å²) in [5.74, 6) is 1.93. The Kier molecular flexibility index (Phi) is 4.83. The summed E-state index contributed by atoms with van der Waals surface area (Å²) in [7, 11) is 0. The number of carbonyl (C=O) groups is 1. The minimum Gasteiger partial charge on any atom is -0.341 e. The van der Waals surface area contributed by atoms with Crippen LogP contribution in [0.2, 0.25) is 0 Å². The maximum Gasteiger partial charge on any atom is 0.225 e. The molecule has 134 valence electrons. The highest BCUT2D eigenvalue weighted by molar-refractivity contribution is 5.98. The van der Waals surface area contributed by atoms with E-state index in [1.807, 2.05) is 18.2 Å². The van der Waals surface area contributed by atoms with Crippen LogP contribution in [0.5, 0.6) is 0 Å². The number of Topliss-reactive ketones (excluding diaryl/α,β-unsaturated/α-hetero) is 1. The molecule has 0 spiro atoms. The Morgan fingerprint density at radius 2 is 1.88 bits per heavy atom. The van der Waals surface area contributed by atoms with Crippen molar-refractivity contribution in [3.8, 4) is 0 Å². The van der Waals surface area contributed by atoms with E-state index in [1.54, 1.807) is 6.20 Å². The Labute approximate surface area is 155 Å². The van der Waals surface area contributed by atoms with Gasteiger partial charge in [0.2, 0.25) is 5.95 Å². The third-order valence-corrected chi connectivity index (χ3v) is 5.49. The largest absolute Gasteiger partial charge is 0.341 e. The van der Waals surface area contributed by atoms with Gasteiger partial charge in [0, 0.05) is 25.7 Å². The lowest BCUT2D eigenvalue weighted by molar-refractivity contribution is 0.0957. The first-order valence-corrected chi connectivity index (χ1v) is 9.56. The lowest BCUT2D eigenvalue weighted by Gasteiger charge is -2.31. The monoisotopic (exact) mass is 347 g/mol. The average molecular weight is 347 g/mol. The number of hydrogen-bond donors (Lipinski definition) is 0. The van der Waals surface area contributed by atoms with Gasteiger partial charge >= 0.3 is 0 Å². The third kappa shape index (κ3) is 3.69. The predicted octanol–water partition coefficient (Wildman–Crippen LogP) is 4.17. The van der Waals surface area contributed by atoms with Crippen molar-refractivity contribution in [3.63, 3.8) is 0 Å². The van der Waals surface area contributed by atoms with E-state index in [0.29, 0.717) is 12.0 Å². The maximum atomic E-state index is 12.5. The summed E-state index contributed by atoms with van der Waals surface area (Å²) < 4.78 is 0. The number of carbonyl (C=O) groups excluding carboxylic acids is 1. The van der Waals surface area contributed by atoms with E-state index in [1.165, 1.54) is 12.8 Å². The van der Waals surface area contributed by atoms with Crippen LogP contribution in [-0.4, -0.2) is 28.8 Å². The molecular formula is C22H25N3O. The molecule has 2 aromatic rings. The van der Waals surface area contributed by atoms with Gasteiger partial charge in [-0.3, -0.25) is 4.79 Å². The number of ketones is 1. The van der Waals surface area contributed by atoms with Gasteiger partial charge in [0.1, 0.15) is 0 Å². The summed E-state index contributed by atoms with van der Waals surface area (Å²) in [5, 5.41) is 0. The smallest absolute Gasteiger partial charge is 0.225 e. The molecule has 4 nitrogen and oxygen atoms in total. The van der Waals surface area contributed by atoms with Crippen molar-refractivity contribution in [2.45, 2.75) is 32.6 Å². The van der Waals surface area contributed by atoms with Gasteiger partial charge in [-0.1, -0.05) is 49.4 Å². The number of benzene rings is 1. The molecule has 1 aliphatic heterocycles. The van der Waals surface area contributed by atoms with Crippen LogP contribution in [-0.2, 0) is 6.42 Å². The summed E-state index contributed by atoms with van der Waals surface area (Å²) in [4.78, 5) is 24.0. The van der Waals surface area contributed by atoms with Gasteiger partial charge in [-0.2, -0.15) is 0 Å². The number of nitrogens with zero attached hydrogens (tertiary/aromatic N) is 3. The van der Waals surface area contributed by atoms with Crippen LogP contribution in [0.15, 0.2) is 42.6 Å². The number of rotatable bonds is 3. The molecule has 1 fully saturated rings. The summed E-state index contributed by atoms with van der Waals surface area (Å²) in [5.41, 5.74) is 2.78. The Bertz CT molecular complexity index is 807. The molecule has 0 saturated carbocycles. The molecule has 2 aliphatic rings. The molecule has 1 aromatic heterocycles. The standard InChI is InChI=1S/C22H25N3O/c1-16-9-11-25(12-10-16)22-23-15-19-20(24-22)13-18(14-21(19)26)8-7-17-5-3-2-4-6-17/h2-8,15-16,18H,9-14H2,1H3. The molecule has 4 rings (SSSR count). The van der Waals surface area contributed by atoms with Crippen molar-refractivity contribution in [1.29, 1.82) is 0 Å². The van der Waals surface area contributed by atoms with Crippen molar-refractivity contribution in [1.82, 2.24) is 9.97 Å². The number of piperidine rings is 1. The van der Waals surface area contributed by atoms with Crippen LogP contribution in [0, 0.1) is 11.8 Å². The van der Waals surface area contributed by atoms with Gasteiger partial charge < -0.3 is 4.90 Å². The molecule has 26 heavy (non-hydrogen) atoms. The molecule has 4 heteroatoms. The van der Waals surface area contributed by atoms with Crippen LogP contribution in [0.3, 0.4) is 0 Å². The predicted molar refractivity (Wildman–Crippen MR) is 104 cm³/mol. The van der Waals surface area contributed by atoms with Gasteiger partial charge in [-0.25, -0.2) is 9.97 Å². The van der Waals surface area contributed by atoms with Crippen LogP contribution >= 0.6 is 0 Å². The van der Waals surface area contributed by atoms with E-state index in [4.69, 9.17) is 4.98 Å². The Balaban J connectivity index is 1.52. The van der Waals surface area contributed by atoms with Crippen molar-refractivity contribution < 1.29 is 4.79 Å². The molecule has 1 aliphatic carbocycles. The summed E-state index contributed by atoms with van der Waals surface area (Å²) in [6, 6.07) is 10.2. The fourth-order valence-electron chi connectivity index (χ4n) is 3.77. The topological polar surface area (TPSA) is 46.1 Å². The van der Waals surface area contributed by atoms with Crippen molar-refractivity contribution in [3.05, 3.63) is 59.4 Å². The number of aromatic nitrogens is 2. The lowest BCUT2D eigenvalue weighted by Crippen LogP contribution is -2.34. The highest BCUT2D eigenvalue weighted by Crippen LogP contribution is 2.28. The van der Waals surface area contributed by atoms with Crippen molar-refractivity contribution in [2.24, 2.45) is 11.8 Å². The van der Waals surface area contributed by atoms with Gasteiger partial charge in [0.05, 0.1) is 11.3 Å². The number of fused-ring (bicyclic) bond motifs is 1. The van der Waals surface area contributed by atoms with E-state index < -0.39 is 0 Å². The van der Waals surface area contributed by atoms with Crippen molar-refractivity contribution >= 4 is 17.8 Å². The average Bonchev–Trinajstić information content (AvgIpc) is 2.67. The molecule has 1 unspecified atom stereocenters. The molecule has 0 N–H and O–H groups in total. The van der Waals surface area contributed by atoms with Crippen LogP contribution in [0.25, 0.3) is 6.08 Å². The minimum absolute atomic E-state index is 0.160. The quantitative estimate of drug-likeness (QED) is 0.836. The maximum absolute atomic E-state index is 12.5. The van der Waals surface area contributed by atoms with Crippen molar-refractivity contribution in [2.75, 3.05) is 18.0 Å². The first-order chi connectivity index (χ1) is 12.7. The fraction of sp³-hybridized carbons (Fsp3) is 0.409. The molecule has 0 bridgehead atoms. The van der Waals surface area contributed by atoms with Crippen LogP contribution < -0.4 is 4.90 Å². The zero-order chi connectivity index (χ0) is 17.9. The SMILES string of the molecule is CC1CCN(c2ncc3c(n2)CC(C=Cc2ccccc2)CC3=O)CC1. The molecule has 0 amide bonds. The molecule has 1 aromatic carbocycles. The Hall–Kier alpha value is -2.49. The van der Waals surface area contributed by atoms with Gasteiger partial charge in [0.25, 0.3) is 0 Å². The molecule has 2 heterocycles. The zero-order valence-electron chi connectivity index (χ0n) is 15.3. The minimum atomic E-state index is 0.160. The second-order valence-corrected chi connectivity index (χ2v) is 7.56. The molecule has 0 radical (unpaired) electrons. The second-order valence-electron chi connectivity index (χ2n) is 7.56. The van der Waals surface area contributed by atoms with Gasteiger partial charge in [0.15, 0.2) is 5.78 Å². The first-order valence-electron chi connectivity index (χ1n) is 9.56. The van der Waals surface area contributed by atoms with Gasteiger partial charge in [-0.15, -0.1) is 0 Å². The van der Waals surface area contributed by atoms with Crippen LogP contribution in [0.1, 0.15) is 47.8 Å². The molecule has 1 atom stereocenters. The Morgan fingerprint density at radius 3 is 2.65 bits per heavy atom. The fourth-order valence-corrected chi connectivity index (χ4v) is 3.77. The number of hydrogen-bond acceptors (Lipinski definition) is 4. The first kappa shape index (κ1) is 17.0. The van der Waals surface area contributed by atoms with Crippen LogP contribution in [0.4, 0.5) is 5.95 Å². The van der Waals surface area contributed by atoms with E-state index in [0.717, 1.165) is 42.6 Å². The Morgan fingerprint density at radius 1 is 1.12 bits per heavy atom. The molecular weight excluding hydrogens is 322 g/mol. The van der Waals surface area contributed by atoms with E-state index >= 15 is 0 Å². The zero-order valence-corrected chi connectivity index (χ0v) is 15.3. The summed E-state index contributed by atoms with van der Waals surface area (Å²) in [6.45, 7) is 4.31. The number of allylic oxidation sites excluding steroid dienone is 1. The summed E-state index contributed by atoms with van der Waals surface area (Å²) >= 11 is 0. The third-order valence-electron chi connectivity index (χ3n) is 5.49. The lowest BCUT2D eigenvalue weighted by atomic mass is 9.86. The van der Waals surface area contributed by atoms with E-state index in [-0.39, 0.29) is 11.7 Å². The summed E-state index contributed by atoms with van der Waals surface area (Å²) in [6.07, 6.45) is 9.72. The number of anilines is 1. The molecule has 1 saturated heterocycles.